The first-order chi connectivity index (χ1) is 8.58. The maximum atomic E-state index is 10.5. The van der Waals surface area contributed by atoms with Crippen LogP contribution in [-0.2, 0) is 4.74 Å². The molecule has 2 unspecified atom stereocenters. The highest BCUT2D eigenvalue weighted by Crippen LogP contribution is 2.26. The number of aromatic nitrogens is 1. The molecule has 0 amide bonds. The molecule has 18 heavy (non-hydrogen) atoms. The van der Waals surface area contributed by atoms with Gasteiger partial charge >= 0.3 is 0 Å². The molecule has 0 aromatic carbocycles. The van der Waals surface area contributed by atoms with E-state index in [2.05, 4.69) is 10.3 Å². The van der Waals surface area contributed by atoms with Gasteiger partial charge in [0.05, 0.1) is 16.0 Å². The van der Waals surface area contributed by atoms with E-state index in [0.717, 1.165) is 13.0 Å². The van der Waals surface area contributed by atoms with Gasteiger partial charge in [-0.2, -0.15) is 0 Å². The zero-order valence-electron chi connectivity index (χ0n) is 9.93. The lowest BCUT2D eigenvalue weighted by molar-refractivity contribution is -0.385. The lowest BCUT2D eigenvalue weighted by Crippen LogP contribution is -2.21. The van der Waals surface area contributed by atoms with Crippen LogP contribution >= 0.6 is 11.6 Å². The monoisotopic (exact) mass is 271 g/mol. The summed E-state index contributed by atoms with van der Waals surface area (Å²) in [5.74, 6) is 0.888. The number of rotatable bonds is 4. The molecule has 6 nitrogen and oxygen atoms in total. The predicted octanol–water partition coefficient (Wildman–Crippen LogP) is 2.48. The van der Waals surface area contributed by atoms with Gasteiger partial charge in [0.2, 0.25) is 0 Å². The van der Waals surface area contributed by atoms with Gasteiger partial charge in [-0.25, -0.2) is 4.98 Å². The summed E-state index contributed by atoms with van der Waals surface area (Å²) >= 11 is 5.93. The minimum Gasteiger partial charge on any atom is -0.378 e. The van der Waals surface area contributed by atoms with Crippen molar-refractivity contribution in [1.82, 2.24) is 4.98 Å². The van der Waals surface area contributed by atoms with Crippen LogP contribution in [0, 0.1) is 16.0 Å². The molecule has 2 atom stereocenters. The quantitative estimate of drug-likeness (QED) is 0.672. The molecule has 98 valence electrons. The minimum absolute atomic E-state index is 0.108. The summed E-state index contributed by atoms with van der Waals surface area (Å²) in [6, 6.07) is 1.30. The molecule has 0 bridgehead atoms. The van der Waals surface area contributed by atoms with Crippen molar-refractivity contribution < 1.29 is 9.66 Å². The van der Waals surface area contributed by atoms with Crippen LogP contribution in [-0.4, -0.2) is 29.2 Å². The number of ether oxygens (including phenoxy) is 1. The van der Waals surface area contributed by atoms with E-state index in [1.807, 2.05) is 6.92 Å². The zero-order chi connectivity index (χ0) is 13.1. The van der Waals surface area contributed by atoms with Gasteiger partial charge in [0.1, 0.15) is 12.0 Å². The van der Waals surface area contributed by atoms with Crippen molar-refractivity contribution in [2.45, 2.75) is 19.4 Å². The highest BCUT2D eigenvalue weighted by Gasteiger charge is 2.24. The van der Waals surface area contributed by atoms with Crippen molar-refractivity contribution in [3.05, 3.63) is 27.4 Å². The number of nitrogens with one attached hydrogen (secondary N) is 1. The molecule has 0 aliphatic carbocycles. The van der Waals surface area contributed by atoms with E-state index >= 15 is 0 Å². The van der Waals surface area contributed by atoms with Crippen LogP contribution < -0.4 is 5.32 Å². The van der Waals surface area contributed by atoms with Crippen molar-refractivity contribution >= 4 is 23.1 Å². The third-order valence-electron chi connectivity index (χ3n) is 3.10. The van der Waals surface area contributed by atoms with E-state index in [4.69, 9.17) is 16.3 Å². The molecule has 7 heteroatoms. The van der Waals surface area contributed by atoms with E-state index < -0.39 is 4.92 Å². The Morgan fingerprint density at radius 2 is 2.50 bits per heavy atom. The largest absolute Gasteiger partial charge is 0.378 e. The van der Waals surface area contributed by atoms with Gasteiger partial charge in [0.25, 0.3) is 5.69 Å². The Bertz CT molecular complexity index is 455. The second-order valence-corrected chi connectivity index (χ2v) is 4.69. The third kappa shape index (κ3) is 2.88. The fraction of sp³-hybridized carbons (Fsp3) is 0.545. The molecule has 1 aromatic heterocycles. The standard InChI is InChI=1S/C11H14ClN3O3/c1-7-8(2-3-18-7)5-13-11-10(12)4-9(6-14-11)15(16)17/h4,6-8H,2-3,5H2,1H3,(H,13,14). The second-order valence-electron chi connectivity index (χ2n) is 4.29. The normalized spacial score (nSPS) is 23.0. The van der Waals surface area contributed by atoms with Gasteiger partial charge in [0, 0.05) is 25.1 Å². The third-order valence-corrected chi connectivity index (χ3v) is 3.39. The molecular formula is C11H14ClN3O3. The summed E-state index contributed by atoms with van der Waals surface area (Å²) in [5, 5.41) is 13.9. The van der Waals surface area contributed by atoms with Gasteiger partial charge in [-0.15, -0.1) is 0 Å². The Hall–Kier alpha value is -1.40. The average Bonchev–Trinajstić information content (AvgIpc) is 2.73. The Balaban J connectivity index is 1.99. The predicted molar refractivity (Wildman–Crippen MR) is 67.9 cm³/mol. The molecule has 2 rings (SSSR count). The maximum Gasteiger partial charge on any atom is 0.289 e. The first-order valence-corrected chi connectivity index (χ1v) is 6.11. The molecule has 1 N–H and O–H groups in total. The van der Waals surface area contributed by atoms with E-state index in [1.165, 1.54) is 12.3 Å². The number of anilines is 1. The molecule has 1 fully saturated rings. The van der Waals surface area contributed by atoms with Crippen molar-refractivity contribution in [2.75, 3.05) is 18.5 Å². The van der Waals surface area contributed by atoms with E-state index in [1.54, 1.807) is 0 Å². The number of nitrogens with zero attached hydrogens (tertiary/aromatic N) is 2. The van der Waals surface area contributed by atoms with Gasteiger partial charge in [-0.1, -0.05) is 11.6 Å². The highest BCUT2D eigenvalue weighted by molar-refractivity contribution is 6.33. The lowest BCUT2D eigenvalue weighted by Gasteiger charge is -2.15. The molecule has 0 radical (unpaired) electrons. The minimum atomic E-state index is -0.518. The number of hydrogen-bond donors (Lipinski definition) is 1. The molecule has 0 saturated carbocycles. The smallest absolute Gasteiger partial charge is 0.289 e. The van der Waals surface area contributed by atoms with E-state index in [-0.39, 0.29) is 16.8 Å². The Labute approximate surface area is 109 Å². The Morgan fingerprint density at radius 3 is 3.06 bits per heavy atom. The summed E-state index contributed by atoms with van der Waals surface area (Å²) < 4.78 is 5.45. The molecule has 0 spiro atoms. The molecular weight excluding hydrogens is 258 g/mol. The van der Waals surface area contributed by atoms with Crippen LogP contribution in [0.3, 0.4) is 0 Å². The number of nitro groups is 1. The lowest BCUT2D eigenvalue weighted by atomic mass is 10.0. The van der Waals surface area contributed by atoms with E-state index in [0.29, 0.717) is 18.3 Å². The molecule has 1 aliphatic heterocycles. The average molecular weight is 272 g/mol. The maximum absolute atomic E-state index is 10.5. The fourth-order valence-electron chi connectivity index (χ4n) is 1.93. The summed E-state index contributed by atoms with van der Waals surface area (Å²) in [5.41, 5.74) is -0.108. The van der Waals surface area contributed by atoms with Crippen LogP contribution in [0.2, 0.25) is 5.02 Å². The second kappa shape index (κ2) is 5.49. The van der Waals surface area contributed by atoms with Gasteiger partial charge in [-0.05, 0) is 13.3 Å². The van der Waals surface area contributed by atoms with Crippen LogP contribution in [0.5, 0.6) is 0 Å². The number of halogens is 1. The van der Waals surface area contributed by atoms with Crippen molar-refractivity contribution in [3.63, 3.8) is 0 Å². The van der Waals surface area contributed by atoms with Crippen LogP contribution in [0.15, 0.2) is 12.3 Å². The van der Waals surface area contributed by atoms with Gasteiger partial charge < -0.3 is 10.1 Å². The molecule has 2 heterocycles. The van der Waals surface area contributed by atoms with Crippen LogP contribution in [0.25, 0.3) is 0 Å². The first-order valence-electron chi connectivity index (χ1n) is 5.73. The SMILES string of the molecule is CC1OCCC1CNc1ncc([N+](=O)[O-])cc1Cl. The van der Waals surface area contributed by atoms with Crippen LogP contribution in [0.1, 0.15) is 13.3 Å². The van der Waals surface area contributed by atoms with Gasteiger partial charge in [-0.3, -0.25) is 10.1 Å². The summed E-state index contributed by atoms with van der Waals surface area (Å²) in [6.45, 7) is 3.50. The highest BCUT2D eigenvalue weighted by atomic mass is 35.5. The Morgan fingerprint density at radius 1 is 1.72 bits per heavy atom. The van der Waals surface area contributed by atoms with E-state index in [9.17, 15) is 10.1 Å². The topological polar surface area (TPSA) is 77.3 Å². The van der Waals surface area contributed by atoms with Gasteiger partial charge in [0.15, 0.2) is 0 Å². The van der Waals surface area contributed by atoms with Crippen molar-refractivity contribution in [3.8, 4) is 0 Å². The molecule has 1 saturated heterocycles. The number of hydrogen-bond acceptors (Lipinski definition) is 5. The summed E-state index contributed by atoms with van der Waals surface area (Å²) in [7, 11) is 0. The zero-order valence-corrected chi connectivity index (χ0v) is 10.7. The molecule has 1 aromatic rings. The summed E-state index contributed by atoms with van der Waals surface area (Å²) in [6.07, 6.45) is 2.41. The Kier molecular flexibility index (Phi) is 3.98. The van der Waals surface area contributed by atoms with Crippen LogP contribution in [0.4, 0.5) is 11.5 Å². The first kappa shape index (κ1) is 13.0. The fourth-order valence-corrected chi connectivity index (χ4v) is 2.16. The van der Waals surface area contributed by atoms with Crippen molar-refractivity contribution in [1.29, 1.82) is 0 Å². The number of pyridine rings is 1. The molecule has 1 aliphatic rings. The summed E-state index contributed by atoms with van der Waals surface area (Å²) in [4.78, 5) is 14.0. The van der Waals surface area contributed by atoms with Crippen molar-refractivity contribution in [2.24, 2.45) is 5.92 Å².